The molecule has 0 spiro atoms. The molecule has 1 aromatic carbocycles. The van der Waals surface area contributed by atoms with Crippen LogP contribution in [0.25, 0.3) is 0 Å². The zero-order chi connectivity index (χ0) is 17.3. The predicted octanol–water partition coefficient (Wildman–Crippen LogP) is 2.42. The average molecular weight is 325 g/mol. The standard InChI is InChI=1S/C19H23N3O2/c1-13-6-14(2)8-16(7-13)11-21-4-5-22(12-18(21)23)19(24)17-9-15(3)10-20-17/h6-10,20H,4-5,11-12H2,1-3H3. The van der Waals surface area contributed by atoms with Gasteiger partial charge in [-0.1, -0.05) is 29.3 Å². The Bertz CT molecular complexity index is 758. The van der Waals surface area contributed by atoms with Gasteiger partial charge in [-0.05, 0) is 38.0 Å². The Balaban J connectivity index is 1.65. The van der Waals surface area contributed by atoms with E-state index in [1.54, 1.807) is 11.1 Å². The van der Waals surface area contributed by atoms with Gasteiger partial charge in [-0.15, -0.1) is 0 Å². The minimum atomic E-state index is -0.109. The van der Waals surface area contributed by atoms with Crippen LogP contribution < -0.4 is 0 Å². The number of piperazine rings is 1. The fourth-order valence-corrected chi connectivity index (χ4v) is 3.23. The SMILES string of the molecule is Cc1cc(C)cc(CN2CCN(C(=O)c3cc(C)c[nH]3)CC2=O)c1. The molecule has 2 aromatic rings. The molecule has 1 saturated heterocycles. The molecule has 1 N–H and O–H groups in total. The number of aromatic amines is 1. The maximum Gasteiger partial charge on any atom is 0.270 e. The van der Waals surface area contributed by atoms with Gasteiger partial charge in [-0.3, -0.25) is 9.59 Å². The highest BCUT2D eigenvalue weighted by Crippen LogP contribution is 2.15. The molecule has 2 amide bonds. The quantitative estimate of drug-likeness (QED) is 0.942. The zero-order valence-corrected chi connectivity index (χ0v) is 14.4. The van der Waals surface area contributed by atoms with Gasteiger partial charge in [-0.2, -0.15) is 0 Å². The van der Waals surface area contributed by atoms with E-state index >= 15 is 0 Å². The summed E-state index contributed by atoms with van der Waals surface area (Å²) in [6.07, 6.45) is 1.80. The van der Waals surface area contributed by atoms with Crippen molar-refractivity contribution in [3.63, 3.8) is 0 Å². The van der Waals surface area contributed by atoms with Crippen molar-refractivity contribution in [3.05, 3.63) is 58.4 Å². The fraction of sp³-hybridized carbons (Fsp3) is 0.368. The van der Waals surface area contributed by atoms with Gasteiger partial charge >= 0.3 is 0 Å². The summed E-state index contributed by atoms with van der Waals surface area (Å²) in [6, 6.07) is 8.16. The zero-order valence-electron chi connectivity index (χ0n) is 14.4. The molecule has 0 unspecified atom stereocenters. The van der Waals surface area contributed by atoms with E-state index in [1.807, 2.05) is 17.9 Å². The number of rotatable bonds is 3. The molecule has 2 heterocycles. The number of hydrogen-bond acceptors (Lipinski definition) is 2. The van der Waals surface area contributed by atoms with Gasteiger partial charge in [0.15, 0.2) is 0 Å². The van der Waals surface area contributed by atoms with Crippen LogP contribution >= 0.6 is 0 Å². The van der Waals surface area contributed by atoms with Crippen LogP contribution in [-0.4, -0.2) is 46.2 Å². The summed E-state index contributed by atoms with van der Waals surface area (Å²) < 4.78 is 0. The molecule has 126 valence electrons. The largest absolute Gasteiger partial charge is 0.357 e. The highest BCUT2D eigenvalue weighted by atomic mass is 16.2. The second-order valence-corrected chi connectivity index (χ2v) is 6.63. The van der Waals surface area contributed by atoms with E-state index in [2.05, 4.69) is 37.0 Å². The Hall–Kier alpha value is -2.56. The molecule has 1 aliphatic heterocycles. The van der Waals surface area contributed by atoms with E-state index in [1.165, 1.54) is 11.1 Å². The van der Waals surface area contributed by atoms with Gasteiger partial charge in [0.05, 0.1) is 0 Å². The topological polar surface area (TPSA) is 56.4 Å². The van der Waals surface area contributed by atoms with E-state index in [0.29, 0.717) is 25.3 Å². The van der Waals surface area contributed by atoms with Crippen molar-refractivity contribution < 1.29 is 9.59 Å². The summed E-state index contributed by atoms with van der Waals surface area (Å²) in [5, 5.41) is 0. The Morgan fingerprint density at radius 2 is 1.75 bits per heavy atom. The van der Waals surface area contributed by atoms with Crippen molar-refractivity contribution >= 4 is 11.8 Å². The number of aromatic nitrogens is 1. The van der Waals surface area contributed by atoms with Gasteiger partial charge in [0.25, 0.3) is 5.91 Å². The maximum absolute atomic E-state index is 12.4. The average Bonchev–Trinajstić information content (AvgIpc) is 2.94. The smallest absolute Gasteiger partial charge is 0.270 e. The number of hydrogen-bond donors (Lipinski definition) is 1. The highest BCUT2D eigenvalue weighted by molar-refractivity contribution is 5.95. The highest BCUT2D eigenvalue weighted by Gasteiger charge is 2.28. The predicted molar refractivity (Wildman–Crippen MR) is 92.8 cm³/mol. The summed E-state index contributed by atoms with van der Waals surface area (Å²) >= 11 is 0. The van der Waals surface area contributed by atoms with Crippen LogP contribution in [-0.2, 0) is 11.3 Å². The van der Waals surface area contributed by atoms with Gasteiger partial charge < -0.3 is 14.8 Å². The Morgan fingerprint density at radius 1 is 1.04 bits per heavy atom. The molecular weight excluding hydrogens is 302 g/mol. The molecule has 24 heavy (non-hydrogen) atoms. The molecule has 5 heteroatoms. The normalized spacial score (nSPS) is 15.0. The summed E-state index contributed by atoms with van der Waals surface area (Å²) in [5.74, 6) is -0.112. The third-order valence-corrected chi connectivity index (χ3v) is 4.32. The van der Waals surface area contributed by atoms with Crippen molar-refractivity contribution in [1.82, 2.24) is 14.8 Å². The third-order valence-electron chi connectivity index (χ3n) is 4.32. The van der Waals surface area contributed by atoms with Crippen LogP contribution in [0.4, 0.5) is 0 Å². The first-order valence-corrected chi connectivity index (χ1v) is 8.21. The summed E-state index contributed by atoms with van der Waals surface area (Å²) in [4.78, 5) is 31.3. The van der Waals surface area contributed by atoms with Crippen molar-refractivity contribution in [2.75, 3.05) is 19.6 Å². The van der Waals surface area contributed by atoms with Crippen molar-refractivity contribution in [2.45, 2.75) is 27.3 Å². The fourth-order valence-electron chi connectivity index (χ4n) is 3.23. The Morgan fingerprint density at radius 3 is 2.33 bits per heavy atom. The molecule has 1 aliphatic rings. The second-order valence-electron chi connectivity index (χ2n) is 6.63. The van der Waals surface area contributed by atoms with E-state index in [0.717, 1.165) is 11.1 Å². The molecule has 0 bridgehead atoms. The van der Waals surface area contributed by atoms with E-state index in [4.69, 9.17) is 0 Å². The molecule has 5 nitrogen and oxygen atoms in total. The number of nitrogens with zero attached hydrogens (tertiary/aromatic N) is 2. The number of H-pyrrole nitrogens is 1. The lowest BCUT2D eigenvalue weighted by Gasteiger charge is -2.34. The first kappa shape index (κ1) is 16.3. The van der Waals surface area contributed by atoms with E-state index in [9.17, 15) is 9.59 Å². The van der Waals surface area contributed by atoms with Crippen LogP contribution in [0.15, 0.2) is 30.5 Å². The van der Waals surface area contributed by atoms with Gasteiger partial charge in [0.2, 0.25) is 5.91 Å². The molecule has 1 aromatic heterocycles. The van der Waals surface area contributed by atoms with Gasteiger partial charge in [-0.25, -0.2) is 0 Å². The lowest BCUT2D eigenvalue weighted by Crippen LogP contribution is -2.51. The number of benzene rings is 1. The minimum absolute atomic E-state index is 0.00274. The molecule has 0 saturated carbocycles. The second kappa shape index (κ2) is 6.51. The first-order chi connectivity index (χ1) is 11.4. The van der Waals surface area contributed by atoms with Crippen LogP contribution in [0.5, 0.6) is 0 Å². The molecule has 1 fully saturated rings. The van der Waals surface area contributed by atoms with Crippen molar-refractivity contribution in [2.24, 2.45) is 0 Å². The lowest BCUT2D eigenvalue weighted by molar-refractivity contribution is -0.135. The third kappa shape index (κ3) is 3.50. The molecular formula is C19H23N3O2. The number of amides is 2. The van der Waals surface area contributed by atoms with Crippen LogP contribution in [0.2, 0.25) is 0 Å². The van der Waals surface area contributed by atoms with Gasteiger partial charge in [0, 0.05) is 25.8 Å². The van der Waals surface area contributed by atoms with Crippen LogP contribution in [0.3, 0.4) is 0 Å². The number of nitrogens with one attached hydrogen (secondary N) is 1. The summed E-state index contributed by atoms with van der Waals surface area (Å²) in [7, 11) is 0. The number of aryl methyl sites for hydroxylation is 3. The monoisotopic (exact) mass is 325 g/mol. The lowest BCUT2D eigenvalue weighted by atomic mass is 10.1. The molecule has 0 aliphatic carbocycles. The maximum atomic E-state index is 12.4. The summed E-state index contributed by atoms with van der Waals surface area (Å²) in [6.45, 7) is 7.93. The van der Waals surface area contributed by atoms with E-state index in [-0.39, 0.29) is 18.4 Å². The Labute approximate surface area is 142 Å². The minimum Gasteiger partial charge on any atom is -0.357 e. The molecule has 0 atom stereocenters. The van der Waals surface area contributed by atoms with Crippen molar-refractivity contribution in [3.8, 4) is 0 Å². The summed E-state index contributed by atoms with van der Waals surface area (Å²) in [5.41, 5.74) is 5.10. The van der Waals surface area contributed by atoms with Crippen LogP contribution in [0.1, 0.15) is 32.7 Å². The number of carbonyl (C=O) groups is 2. The van der Waals surface area contributed by atoms with Crippen LogP contribution in [0, 0.1) is 20.8 Å². The van der Waals surface area contributed by atoms with Gasteiger partial charge in [0.1, 0.15) is 12.2 Å². The number of carbonyl (C=O) groups excluding carboxylic acids is 2. The molecule has 0 radical (unpaired) electrons. The molecule has 3 rings (SSSR count). The Kier molecular flexibility index (Phi) is 4.42. The first-order valence-electron chi connectivity index (χ1n) is 8.21. The van der Waals surface area contributed by atoms with Crippen molar-refractivity contribution in [1.29, 1.82) is 0 Å². The van der Waals surface area contributed by atoms with E-state index < -0.39 is 0 Å².